The van der Waals surface area contributed by atoms with E-state index in [2.05, 4.69) is 21.9 Å². The van der Waals surface area contributed by atoms with Crippen molar-refractivity contribution < 1.29 is 4.74 Å². The van der Waals surface area contributed by atoms with E-state index in [0.29, 0.717) is 0 Å². The molecule has 0 N–H and O–H groups in total. The van der Waals surface area contributed by atoms with Gasteiger partial charge in [-0.2, -0.15) is 0 Å². The fourth-order valence-corrected chi connectivity index (χ4v) is 1.69. The highest BCUT2D eigenvalue weighted by molar-refractivity contribution is 9.10. The van der Waals surface area contributed by atoms with E-state index < -0.39 is 0 Å². The highest BCUT2D eigenvalue weighted by atomic mass is 79.9. The number of halogens is 1. The first-order valence-corrected chi connectivity index (χ1v) is 5.48. The third kappa shape index (κ3) is 2.30. The lowest BCUT2D eigenvalue weighted by atomic mass is 10.2. The zero-order valence-electron chi connectivity index (χ0n) is 7.79. The molecule has 14 heavy (non-hydrogen) atoms. The average molecular weight is 251 g/mol. The van der Waals surface area contributed by atoms with Gasteiger partial charge in [0.15, 0.2) is 0 Å². The molecule has 0 saturated heterocycles. The van der Waals surface area contributed by atoms with Crippen LogP contribution in [0.4, 0.5) is 0 Å². The van der Waals surface area contributed by atoms with E-state index in [0.717, 1.165) is 28.3 Å². The van der Waals surface area contributed by atoms with E-state index in [1.54, 1.807) is 0 Å². The summed E-state index contributed by atoms with van der Waals surface area (Å²) in [6, 6.07) is 5.72. The van der Waals surface area contributed by atoms with E-state index in [-0.39, 0.29) is 0 Å². The van der Waals surface area contributed by atoms with Crippen molar-refractivity contribution in [2.24, 2.45) is 5.92 Å². The lowest BCUT2D eigenvalue weighted by molar-refractivity contribution is 0.298. The fraction of sp³-hybridized carbons (Fsp3) is 0.333. The van der Waals surface area contributed by atoms with Crippen molar-refractivity contribution in [1.29, 1.82) is 0 Å². The van der Waals surface area contributed by atoms with E-state index in [1.165, 1.54) is 12.8 Å². The number of ether oxygens (including phenoxy) is 1. The van der Waals surface area contributed by atoms with E-state index in [9.17, 15) is 0 Å². The number of terminal acetylenes is 1. The Morgan fingerprint density at radius 2 is 2.29 bits per heavy atom. The van der Waals surface area contributed by atoms with Gasteiger partial charge in [-0.3, -0.25) is 0 Å². The van der Waals surface area contributed by atoms with Crippen LogP contribution in [-0.2, 0) is 0 Å². The van der Waals surface area contributed by atoms with Crippen LogP contribution in [0.1, 0.15) is 18.4 Å². The Morgan fingerprint density at radius 3 is 2.86 bits per heavy atom. The summed E-state index contributed by atoms with van der Waals surface area (Å²) >= 11 is 3.44. The van der Waals surface area contributed by atoms with Crippen LogP contribution in [-0.4, -0.2) is 6.61 Å². The Morgan fingerprint density at radius 1 is 1.50 bits per heavy atom. The Balaban J connectivity index is 2.05. The first-order valence-electron chi connectivity index (χ1n) is 4.68. The molecule has 0 unspecified atom stereocenters. The Kier molecular flexibility index (Phi) is 2.79. The van der Waals surface area contributed by atoms with Crippen molar-refractivity contribution >= 4 is 15.9 Å². The molecule has 2 heteroatoms. The van der Waals surface area contributed by atoms with E-state index in [1.807, 2.05) is 18.2 Å². The van der Waals surface area contributed by atoms with Crippen LogP contribution >= 0.6 is 15.9 Å². The Bertz CT molecular complexity index is 374. The molecule has 0 radical (unpaired) electrons. The Labute approximate surface area is 92.6 Å². The minimum Gasteiger partial charge on any atom is -0.492 e. The minimum absolute atomic E-state index is 0.772. The van der Waals surface area contributed by atoms with E-state index in [4.69, 9.17) is 11.2 Å². The van der Waals surface area contributed by atoms with Crippen molar-refractivity contribution in [1.82, 2.24) is 0 Å². The van der Waals surface area contributed by atoms with Gasteiger partial charge in [-0.1, -0.05) is 5.92 Å². The normalized spacial score (nSPS) is 14.9. The van der Waals surface area contributed by atoms with Gasteiger partial charge in [0.05, 0.1) is 11.1 Å². The largest absolute Gasteiger partial charge is 0.492 e. The number of rotatable bonds is 3. The van der Waals surface area contributed by atoms with Crippen LogP contribution in [0.3, 0.4) is 0 Å². The smallest absolute Gasteiger partial charge is 0.133 e. The van der Waals surface area contributed by atoms with Crippen molar-refractivity contribution in [3.05, 3.63) is 28.2 Å². The molecule has 0 amide bonds. The van der Waals surface area contributed by atoms with Crippen molar-refractivity contribution in [3.63, 3.8) is 0 Å². The maximum atomic E-state index is 5.64. The molecule has 0 aliphatic heterocycles. The summed E-state index contributed by atoms with van der Waals surface area (Å²) in [7, 11) is 0. The zero-order valence-corrected chi connectivity index (χ0v) is 9.38. The molecule has 0 bridgehead atoms. The highest BCUT2D eigenvalue weighted by Gasteiger charge is 2.22. The quantitative estimate of drug-likeness (QED) is 0.749. The number of benzene rings is 1. The molecule has 1 aliphatic rings. The Hall–Kier alpha value is -0.940. The predicted molar refractivity (Wildman–Crippen MR) is 60.3 cm³/mol. The fourth-order valence-electron chi connectivity index (χ4n) is 1.20. The summed E-state index contributed by atoms with van der Waals surface area (Å²) in [5.74, 6) is 4.24. The van der Waals surface area contributed by atoms with Crippen LogP contribution in [0.25, 0.3) is 0 Å². The average Bonchev–Trinajstić information content (AvgIpc) is 2.99. The van der Waals surface area contributed by atoms with Gasteiger partial charge in [-0.05, 0) is 52.9 Å². The molecule has 1 nitrogen and oxygen atoms in total. The summed E-state index contributed by atoms with van der Waals surface area (Å²) in [6.07, 6.45) is 7.90. The minimum atomic E-state index is 0.772. The monoisotopic (exact) mass is 250 g/mol. The molecule has 0 heterocycles. The second-order valence-corrected chi connectivity index (χ2v) is 4.40. The van der Waals surface area contributed by atoms with Gasteiger partial charge >= 0.3 is 0 Å². The molecule has 1 fully saturated rings. The standard InChI is InChI=1S/C12H11BrO/c1-2-9-5-6-12(11(13)7-9)14-8-10-3-4-10/h1,5-7,10H,3-4,8H2. The summed E-state index contributed by atoms with van der Waals surface area (Å²) < 4.78 is 6.58. The van der Waals surface area contributed by atoms with Crippen LogP contribution in [0, 0.1) is 18.3 Å². The molecular formula is C12H11BrO. The molecule has 1 aliphatic carbocycles. The molecule has 1 aromatic rings. The zero-order chi connectivity index (χ0) is 9.97. The number of hydrogen-bond acceptors (Lipinski definition) is 1. The van der Waals surface area contributed by atoms with Gasteiger partial charge < -0.3 is 4.74 Å². The predicted octanol–water partition coefficient (Wildman–Crippen LogP) is 3.22. The second kappa shape index (κ2) is 4.06. The molecule has 72 valence electrons. The second-order valence-electron chi connectivity index (χ2n) is 3.54. The van der Waals surface area contributed by atoms with Crippen LogP contribution in [0.2, 0.25) is 0 Å². The lowest BCUT2D eigenvalue weighted by Gasteiger charge is -2.07. The summed E-state index contributed by atoms with van der Waals surface area (Å²) in [5, 5.41) is 0. The van der Waals surface area contributed by atoms with E-state index >= 15 is 0 Å². The molecule has 0 atom stereocenters. The molecule has 2 rings (SSSR count). The lowest BCUT2D eigenvalue weighted by Crippen LogP contribution is -1.99. The third-order valence-corrected chi connectivity index (χ3v) is 2.89. The molecule has 0 aromatic heterocycles. The number of hydrogen-bond donors (Lipinski definition) is 0. The SMILES string of the molecule is C#Cc1ccc(OCC2CC2)c(Br)c1. The van der Waals surface area contributed by atoms with Crippen LogP contribution in [0.15, 0.2) is 22.7 Å². The first kappa shape index (κ1) is 9.61. The topological polar surface area (TPSA) is 9.23 Å². The maximum Gasteiger partial charge on any atom is 0.133 e. The van der Waals surface area contributed by atoms with Crippen molar-refractivity contribution in [2.75, 3.05) is 6.61 Å². The first-order chi connectivity index (χ1) is 6.79. The third-order valence-electron chi connectivity index (χ3n) is 2.27. The van der Waals surface area contributed by atoms with Gasteiger partial charge in [0, 0.05) is 5.56 Å². The highest BCUT2D eigenvalue weighted by Crippen LogP contribution is 2.32. The molecule has 0 spiro atoms. The maximum absolute atomic E-state index is 5.64. The van der Waals surface area contributed by atoms with Crippen LogP contribution in [0.5, 0.6) is 5.75 Å². The summed E-state index contributed by atoms with van der Waals surface area (Å²) in [5.41, 5.74) is 0.871. The summed E-state index contributed by atoms with van der Waals surface area (Å²) in [4.78, 5) is 0. The van der Waals surface area contributed by atoms with Gasteiger partial charge in [0.2, 0.25) is 0 Å². The molecule has 1 aromatic carbocycles. The van der Waals surface area contributed by atoms with Gasteiger partial charge in [0.25, 0.3) is 0 Å². The van der Waals surface area contributed by atoms with Crippen molar-refractivity contribution in [2.45, 2.75) is 12.8 Å². The molecule has 1 saturated carbocycles. The van der Waals surface area contributed by atoms with Crippen molar-refractivity contribution in [3.8, 4) is 18.1 Å². The van der Waals surface area contributed by atoms with Gasteiger partial charge in [0.1, 0.15) is 5.75 Å². The summed E-state index contributed by atoms with van der Waals surface area (Å²) in [6.45, 7) is 0.827. The van der Waals surface area contributed by atoms with Gasteiger partial charge in [-0.25, -0.2) is 0 Å². The van der Waals surface area contributed by atoms with Crippen LogP contribution < -0.4 is 4.74 Å². The van der Waals surface area contributed by atoms with Gasteiger partial charge in [-0.15, -0.1) is 6.42 Å². The molecular weight excluding hydrogens is 240 g/mol.